The summed E-state index contributed by atoms with van der Waals surface area (Å²) in [4.78, 5) is 0. The summed E-state index contributed by atoms with van der Waals surface area (Å²) >= 11 is 0. The number of nitrogens with zero attached hydrogens (tertiary/aromatic N) is 1. The van der Waals surface area contributed by atoms with Gasteiger partial charge in [-0.05, 0) is 17.5 Å². The number of hydrogen-bond acceptors (Lipinski definition) is 1. The summed E-state index contributed by atoms with van der Waals surface area (Å²) in [5.41, 5.74) is 2.97. The molecular formula is C11H13NO. The van der Waals surface area contributed by atoms with E-state index in [2.05, 4.69) is 29.1 Å². The van der Waals surface area contributed by atoms with Gasteiger partial charge in [0.25, 0.3) is 0 Å². The van der Waals surface area contributed by atoms with Crippen molar-refractivity contribution in [3.8, 4) is 0 Å². The molecule has 2 heteroatoms. The van der Waals surface area contributed by atoms with Gasteiger partial charge in [-0.25, -0.2) is 0 Å². The molecule has 0 aliphatic heterocycles. The Kier molecular flexibility index (Phi) is 1.41. The largest absolute Gasteiger partial charge is 0.395 e. The summed E-state index contributed by atoms with van der Waals surface area (Å²) in [6, 6.07) is 0. The molecule has 68 valence electrons. The van der Waals surface area contributed by atoms with Crippen molar-refractivity contribution in [2.24, 2.45) is 0 Å². The van der Waals surface area contributed by atoms with Crippen molar-refractivity contribution in [3.63, 3.8) is 0 Å². The first-order chi connectivity index (χ1) is 6.38. The molecule has 2 nitrogen and oxygen atoms in total. The van der Waals surface area contributed by atoms with Gasteiger partial charge in [0, 0.05) is 30.8 Å². The Morgan fingerprint density at radius 3 is 2.38 bits per heavy atom. The number of aromatic nitrogens is 1. The molecule has 0 saturated carbocycles. The zero-order valence-corrected chi connectivity index (χ0v) is 7.48. The molecule has 2 atom stereocenters. The Hall–Kier alpha value is -1.02. The summed E-state index contributed by atoms with van der Waals surface area (Å²) in [6.45, 7) is 0.961. The summed E-state index contributed by atoms with van der Waals surface area (Å²) in [5, 5.41) is 8.82. The fourth-order valence-corrected chi connectivity index (χ4v) is 2.57. The minimum Gasteiger partial charge on any atom is -0.395 e. The SMILES string of the molecule is OCCn1cc2c(c1)C1C=CC2C1. The number of rotatable bonds is 2. The molecule has 2 aliphatic carbocycles. The smallest absolute Gasteiger partial charge is 0.0610 e. The van der Waals surface area contributed by atoms with Gasteiger partial charge in [0.2, 0.25) is 0 Å². The van der Waals surface area contributed by atoms with Crippen molar-refractivity contribution in [1.29, 1.82) is 0 Å². The van der Waals surface area contributed by atoms with E-state index in [9.17, 15) is 0 Å². The fraction of sp³-hybridized carbons (Fsp3) is 0.455. The van der Waals surface area contributed by atoms with Gasteiger partial charge in [0.1, 0.15) is 0 Å². The Labute approximate surface area is 77.5 Å². The lowest BCUT2D eigenvalue weighted by molar-refractivity contribution is 0.276. The third-order valence-corrected chi connectivity index (χ3v) is 3.18. The van der Waals surface area contributed by atoms with Crippen LogP contribution in [0.15, 0.2) is 24.5 Å². The number of fused-ring (bicyclic) bond motifs is 5. The van der Waals surface area contributed by atoms with Gasteiger partial charge >= 0.3 is 0 Å². The van der Waals surface area contributed by atoms with E-state index in [0.717, 1.165) is 6.54 Å². The van der Waals surface area contributed by atoms with Crippen LogP contribution in [0.2, 0.25) is 0 Å². The van der Waals surface area contributed by atoms with E-state index in [1.807, 2.05) is 0 Å². The highest BCUT2D eigenvalue weighted by atomic mass is 16.3. The monoisotopic (exact) mass is 175 g/mol. The highest BCUT2D eigenvalue weighted by Gasteiger charge is 2.33. The lowest BCUT2D eigenvalue weighted by Gasteiger charge is -2.01. The molecule has 1 N–H and O–H groups in total. The summed E-state index contributed by atoms with van der Waals surface area (Å²) < 4.78 is 2.11. The molecule has 2 aliphatic rings. The zero-order valence-electron chi connectivity index (χ0n) is 7.48. The fourth-order valence-electron chi connectivity index (χ4n) is 2.57. The van der Waals surface area contributed by atoms with Gasteiger partial charge in [-0.2, -0.15) is 0 Å². The van der Waals surface area contributed by atoms with Crippen molar-refractivity contribution in [2.45, 2.75) is 24.8 Å². The molecule has 3 rings (SSSR count). The highest BCUT2D eigenvalue weighted by molar-refractivity contribution is 5.46. The van der Waals surface area contributed by atoms with E-state index in [-0.39, 0.29) is 6.61 Å². The molecule has 13 heavy (non-hydrogen) atoms. The molecule has 1 heterocycles. The number of allylic oxidation sites excluding steroid dienone is 2. The summed E-state index contributed by atoms with van der Waals surface area (Å²) in [5.74, 6) is 1.33. The average Bonchev–Trinajstić information content (AvgIpc) is 2.72. The predicted molar refractivity (Wildman–Crippen MR) is 50.8 cm³/mol. The van der Waals surface area contributed by atoms with Gasteiger partial charge in [0.05, 0.1) is 6.61 Å². The first kappa shape index (κ1) is 7.39. The maximum absolute atomic E-state index is 8.82. The zero-order chi connectivity index (χ0) is 8.84. The normalized spacial score (nSPS) is 28.4. The van der Waals surface area contributed by atoms with Gasteiger partial charge in [-0.1, -0.05) is 12.2 Å². The molecule has 0 radical (unpaired) electrons. The van der Waals surface area contributed by atoms with E-state index < -0.39 is 0 Å². The second kappa shape index (κ2) is 2.48. The Morgan fingerprint density at radius 2 is 1.85 bits per heavy atom. The Morgan fingerprint density at radius 1 is 1.23 bits per heavy atom. The van der Waals surface area contributed by atoms with Crippen LogP contribution in [-0.4, -0.2) is 16.3 Å². The Bertz CT molecular complexity index is 335. The van der Waals surface area contributed by atoms with E-state index >= 15 is 0 Å². The van der Waals surface area contributed by atoms with Crippen molar-refractivity contribution in [1.82, 2.24) is 4.57 Å². The maximum Gasteiger partial charge on any atom is 0.0610 e. The number of aliphatic hydroxyl groups excluding tert-OH is 1. The lowest BCUT2D eigenvalue weighted by atomic mass is 10.0. The van der Waals surface area contributed by atoms with Gasteiger partial charge in [-0.15, -0.1) is 0 Å². The Balaban J connectivity index is 1.99. The van der Waals surface area contributed by atoms with Crippen LogP contribution in [0.3, 0.4) is 0 Å². The van der Waals surface area contributed by atoms with Crippen molar-refractivity contribution in [3.05, 3.63) is 35.7 Å². The molecule has 0 spiro atoms. The van der Waals surface area contributed by atoms with Crippen molar-refractivity contribution < 1.29 is 5.11 Å². The molecule has 2 bridgehead atoms. The van der Waals surface area contributed by atoms with Crippen LogP contribution in [0, 0.1) is 0 Å². The van der Waals surface area contributed by atoms with Crippen molar-refractivity contribution >= 4 is 0 Å². The third-order valence-electron chi connectivity index (χ3n) is 3.18. The molecule has 0 saturated heterocycles. The minimum atomic E-state index is 0.232. The molecule has 2 unspecified atom stereocenters. The van der Waals surface area contributed by atoms with E-state index in [0.29, 0.717) is 11.8 Å². The van der Waals surface area contributed by atoms with Gasteiger partial charge in [0.15, 0.2) is 0 Å². The molecule has 0 aromatic carbocycles. The standard InChI is InChI=1S/C11H13NO/c13-4-3-12-6-10-8-1-2-9(5-8)11(10)7-12/h1-2,6-9,13H,3-5H2. The molecule has 1 aromatic rings. The van der Waals surface area contributed by atoms with Crippen LogP contribution >= 0.6 is 0 Å². The van der Waals surface area contributed by atoms with E-state index in [4.69, 9.17) is 5.11 Å². The van der Waals surface area contributed by atoms with Crippen LogP contribution < -0.4 is 0 Å². The topological polar surface area (TPSA) is 25.2 Å². The van der Waals surface area contributed by atoms with E-state index in [1.54, 1.807) is 0 Å². The highest BCUT2D eigenvalue weighted by Crippen LogP contribution is 2.48. The van der Waals surface area contributed by atoms with E-state index in [1.165, 1.54) is 17.5 Å². The third kappa shape index (κ3) is 0.923. The molecule has 0 amide bonds. The maximum atomic E-state index is 8.82. The van der Waals surface area contributed by atoms with Gasteiger partial charge in [-0.3, -0.25) is 0 Å². The second-order valence-corrected chi connectivity index (χ2v) is 3.96. The average molecular weight is 175 g/mol. The first-order valence-electron chi connectivity index (χ1n) is 4.87. The predicted octanol–water partition coefficient (Wildman–Crippen LogP) is 1.62. The van der Waals surface area contributed by atoms with Crippen LogP contribution in [0.5, 0.6) is 0 Å². The van der Waals surface area contributed by atoms with Crippen LogP contribution in [-0.2, 0) is 6.54 Å². The molecular weight excluding hydrogens is 162 g/mol. The van der Waals surface area contributed by atoms with Gasteiger partial charge < -0.3 is 9.67 Å². The minimum absolute atomic E-state index is 0.232. The first-order valence-corrected chi connectivity index (χ1v) is 4.87. The summed E-state index contributed by atoms with van der Waals surface area (Å²) in [6.07, 6.45) is 10.3. The van der Waals surface area contributed by atoms with Crippen LogP contribution in [0.4, 0.5) is 0 Å². The lowest BCUT2D eigenvalue weighted by Crippen LogP contribution is -1.99. The molecule has 1 aromatic heterocycles. The number of hydrogen-bond donors (Lipinski definition) is 1. The van der Waals surface area contributed by atoms with Crippen LogP contribution in [0.25, 0.3) is 0 Å². The van der Waals surface area contributed by atoms with Crippen molar-refractivity contribution in [2.75, 3.05) is 6.61 Å². The number of aliphatic hydroxyl groups is 1. The summed E-state index contributed by atoms with van der Waals surface area (Å²) in [7, 11) is 0. The quantitative estimate of drug-likeness (QED) is 0.679. The molecule has 0 fully saturated rings. The second-order valence-electron chi connectivity index (χ2n) is 3.96. The van der Waals surface area contributed by atoms with Crippen LogP contribution in [0.1, 0.15) is 29.4 Å².